The van der Waals surface area contributed by atoms with Crippen molar-refractivity contribution in [1.82, 2.24) is 24.3 Å². The van der Waals surface area contributed by atoms with Crippen molar-refractivity contribution in [3.63, 3.8) is 0 Å². The van der Waals surface area contributed by atoms with E-state index in [1.807, 2.05) is 13.0 Å². The maximum atomic E-state index is 14.6. The first-order chi connectivity index (χ1) is 19.1. The van der Waals surface area contributed by atoms with E-state index in [0.29, 0.717) is 49.5 Å². The van der Waals surface area contributed by atoms with E-state index in [0.717, 1.165) is 5.69 Å². The summed E-state index contributed by atoms with van der Waals surface area (Å²) in [6, 6.07) is 11.5. The van der Waals surface area contributed by atoms with Crippen LogP contribution in [0.2, 0.25) is 0 Å². The summed E-state index contributed by atoms with van der Waals surface area (Å²) in [4.78, 5) is 53.5. The number of hydrogen-bond donors (Lipinski definition) is 0. The summed E-state index contributed by atoms with van der Waals surface area (Å²) in [6.45, 7) is 10.4. The molecule has 0 aliphatic carbocycles. The molecule has 2 aromatic heterocycles. The average Bonchev–Trinajstić information content (AvgIpc) is 2.95. The van der Waals surface area contributed by atoms with E-state index in [2.05, 4.69) is 28.7 Å². The first-order valence-corrected chi connectivity index (χ1v) is 13.7. The highest BCUT2D eigenvalue weighted by Crippen LogP contribution is 2.26. The number of rotatable bonds is 5. The number of carbonyl (C=O) groups is 2. The minimum Gasteiger partial charge on any atom is -0.337 e. The van der Waals surface area contributed by atoms with Crippen LogP contribution < -0.4 is 10.6 Å². The maximum Gasteiger partial charge on any atom is 0.347 e. The number of nitrogens with zero attached hydrogens (tertiary/aromatic N) is 6. The zero-order valence-electron chi connectivity index (χ0n) is 23.6. The van der Waals surface area contributed by atoms with Gasteiger partial charge in [0.15, 0.2) is 0 Å². The molecule has 10 heteroatoms. The lowest BCUT2D eigenvalue weighted by atomic mass is 10.1. The number of aryl methyl sites for hydroxylation is 2. The molecule has 212 valence electrons. The van der Waals surface area contributed by atoms with Crippen molar-refractivity contribution in [3.05, 3.63) is 87.6 Å². The molecular formula is C30H37FN6O3. The van der Waals surface area contributed by atoms with Gasteiger partial charge in [-0.2, -0.15) is 4.98 Å². The van der Waals surface area contributed by atoms with Crippen molar-refractivity contribution in [2.75, 3.05) is 31.1 Å². The van der Waals surface area contributed by atoms with Gasteiger partial charge in [0.05, 0.1) is 5.69 Å². The molecule has 0 saturated carbocycles. The Balaban J connectivity index is 1.67. The number of benzene rings is 1. The zero-order valence-corrected chi connectivity index (χ0v) is 23.6. The Bertz CT molecular complexity index is 1410. The van der Waals surface area contributed by atoms with Gasteiger partial charge in [-0.3, -0.25) is 24.0 Å². The summed E-state index contributed by atoms with van der Waals surface area (Å²) < 4.78 is 16.1. The second-order valence-corrected chi connectivity index (χ2v) is 10.5. The fourth-order valence-corrected chi connectivity index (χ4v) is 5.10. The number of anilines is 1. The topological polar surface area (TPSA) is 91.6 Å². The summed E-state index contributed by atoms with van der Waals surface area (Å²) in [6.07, 6.45) is 2.34. The van der Waals surface area contributed by atoms with Gasteiger partial charge in [-0.15, -0.1) is 0 Å². The van der Waals surface area contributed by atoms with Crippen molar-refractivity contribution in [1.29, 1.82) is 0 Å². The molecule has 0 N–H and O–H groups in total. The van der Waals surface area contributed by atoms with Crippen LogP contribution in [-0.4, -0.2) is 68.4 Å². The van der Waals surface area contributed by atoms with E-state index >= 15 is 0 Å². The summed E-state index contributed by atoms with van der Waals surface area (Å²) >= 11 is 0. The number of carbonyl (C=O) groups excluding carboxylic acids is 2. The third-order valence-electron chi connectivity index (χ3n) is 7.29. The molecule has 1 aromatic carbocycles. The zero-order chi connectivity index (χ0) is 28.8. The number of halogens is 1. The largest absolute Gasteiger partial charge is 0.347 e. The molecule has 0 unspecified atom stereocenters. The van der Waals surface area contributed by atoms with Crippen molar-refractivity contribution in [2.24, 2.45) is 0 Å². The standard InChI is InChI=1S/C30H37FN6O3/c1-21(2)34-13-7-14-37(29(39)26-8-5-6-12-32-26)27-19-25(31)10-9-24(27)20-35(17-16-34)28(38)11-15-36-23(4)18-22(3)33-30(36)40/h5-6,8-10,12,18-19,21H,7,11,13-17,20H2,1-4H3. The number of aromatic nitrogens is 3. The fraction of sp³-hybridized carbons (Fsp3) is 0.433. The fourth-order valence-electron chi connectivity index (χ4n) is 5.10. The van der Waals surface area contributed by atoms with Crippen LogP contribution in [0.5, 0.6) is 0 Å². The molecule has 40 heavy (non-hydrogen) atoms. The first kappa shape index (κ1) is 29.1. The van der Waals surface area contributed by atoms with Crippen LogP contribution in [0.4, 0.5) is 10.1 Å². The van der Waals surface area contributed by atoms with E-state index in [4.69, 9.17) is 0 Å². The van der Waals surface area contributed by atoms with Gasteiger partial charge in [-0.25, -0.2) is 9.18 Å². The molecule has 3 aromatic rings. The van der Waals surface area contributed by atoms with Gasteiger partial charge in [0.2, 0.25) is 5.91 Å². The normalized spacial score (nSPS) is 15.1. The van der Waals surface area contributed by atoms with Crippen LogP contribution in [0.15, 0.2) is 53.5 Å². The smallest absolute Gasteiger partial charge is 0.337 e. The number of fused-ring (bicyclic) bond motifs is 1. The van der Waals surface area contributed by atoms with Crippen molar-refractivity contribution in [2.45, 2.75) is 59.7 Å². The lowest BCUT2D eigenvalue weighted by molar-refractivity contribution is -0.132. The lowest BCUT2D eigenvalue weighted by Gasteiger charge is -2.30. The van der Waals surface area contributed by atoms with Crippen LogP contribution in [0.1, 0.15) is 54.1 Å². The Kier molecular flexibility index (Phi) is 9.42. The summed E-state index contributed by atoms with van der Waals surface area (Å²) in [7, 11) is 0. The minimum atomic E-state index is -0.462. The van der Waals surface area contributed by atoms with Gasteiger partial charge in [-0.1, -0.05) is 12.1 Å². The molecule has 0 radical (unpaired) electrons. The van der Waals surface area contributed by atoms with Gasteiger partial charge in [0.25, 0.3) is 5.91 Å². The summed E-state index contributed by atoms with van der Waals surface area (Å²) in [5.41, 5.74) is 2.38. The maximum absolute atomic E-state index is 14.6. The van der Waals surface area contributed by atoms with Crippen LogP contribution in [0.25, 0.3) is 0 Å². The highest BCUT2D eigenvalue weighted by atomic mass is 19.1. The molecule has 3 heterocycles. The van der Waals surface area contributed by atoms with Crippen molar-refractivity contribution >= 4 is 17.5 Å². The summed E-state index contributed by atoms with van der Waals surface area (Å²) in [5.74, 6) is -0.911. The molecular weight excluding hydrogens is 511 g/mol. The molecule has 4 rings (SSSR count). The van der Waals surface area contributed by atoms with E-state index < -0.39 is 5.82 Å². The van der Waals surface area contributed by atoms with Crippen LogP contribution in [0, 0.1) is 19.7 Å². The lowest BCUT2D eigenvalue weighted by Crippen LogP contribution is -2.42. The van der Waals surface area contributed by atoms with Gasteiger partial charge in [0.1, 0.15) is 11.5 Å². The second kappa shape index (κ2) is 13.0. The Morgan fingerprint density at radius 1 is 1.02 bits per heavy atom. The SMILES string of the molecule is Cc1cc(C)n(CCC(=O)N2CCN(C(C)C)CCCN(C(=O)c3ccccn3)c3cc(F)ccc3C2)c(=O)n1. The van der Waals surface area contributed by atoms with E-state index in [1.54, 1.807) is 47.2 Å². The number of amides is 2. The first-order valence-electron chi connectivity index (χ1n) is 13.7. The monoisotopic (exact) mass is 548 g/mol. The third kappa shape index (κ3) is 6.98. The molecule has 9 nitrogen and oxygen atoms in total. The van der Waals surface area contributed by atoms with Gasteiger partial charge >= 0.3 is 5.69 Å². The molecule has 0 fully saturated rings. The second-order valence-electron chi connectivity index (χ2n) is 10.5. The molecule has 1 aliphatic rings. The Hall–Kier alpha value is -3.92. The highest BCUT2D eigenvalue weighted by molar-refractivity contribution is 6.05. The van der Waals surface area contributed by atoms with Crippen LogP contribution in [-0.2, 0) is 17.9 Å². The van der Waals surface area contributed by atoms with Gasteiger partial charge < -0.3 is 9.80 Å². The Morgan fingerprint density at radius 2 is 1.82 bits per heavy atom. The molecule has 2 amide bonds. The molecule has 1 aliphatic heterocycles. The average molecular weight is 549 g/mol. The quantitative estimate of drug-likeness (QED) is 0.484. The van der Waals surface area contributed by atoms with E-state index in [9.17, 15) is 18.8 Å². The third-order valence-corrected chi connectivity index (χ3v) is 7.29. The predicted octanol–water partition coefficient (Wildman–Crippen LogP) is 3.57. The highest BCUT2D eigenvalue weighted by Gasteiger charge is 2.26. The van der Waals surface area contributed by atoms with Crippen LogP contribution >= 0.6 is 0 Å². The predicted molar refractivity (Wildman–Crippen MR) is 152 cm³/mol. The summed E-state index contributed by atoms with van der Waals surface area (Å²) in [5, 5.41) is 0. The van der Waals surface area contributed by atoms with Gasteiger partial charge in [0, 0.05) is 69.3 Å². The molecule has 0 spiro atoms. The minimum absolute atomic E-state index is 0.111. The molecule has 0 saturated heterocycles. The molecule has 0 atom stereocenters. The van der Waals surface area contributed by atoms with E-state index in [-0.39, 0.29) is 48.8 Å². The molecule has 0 bridgehead atoms. The number of pyridine rings is 1. The Morgan fingerprint density at radius 3 is 2.52 bits per heavy atom. The van der Waals surface area contributed by atoms with Gasteiger partial charge in [-0.05, 0) is 70.0 Å². The van der Waals surface area contributed by atoms with Crippen molar-refractivity contribution < 1.29 is 14.0 Å². The van der Waals surface area contributed by atoms with Crippen molar-refractivity contribution in [3.8, 4) is 0 Å². The Labute approximate surface area is 234 Å². The number of hydrogen-bond acceptors (Lipinski definition) is 6. The van der Waals surface area contributed by atoms with E-state index in [1.165, 1.54) is 16.7 Å². The van der Waals surface area contributed by atoms with Crippen LogP contribution in [0.3, 0.4) is 0 Å².